The molecule has 0 saturated carbocycles. The molecule has 0 N–H and O–H groups in total. The van der Waals surface area contributed by atoms with Crippen LogP contribution in [-0.4, -0.2) is 19.7 Å². The Morgan fingerprint density at radius 1 is 1.29 bits per heavy atom. The summed E-state index contributed by atoms with van der Waals surface area (Å²) in [5.41, 5.74) is 3.17. The average molecular weight is 251 g/mol. The molecule has 90 valence electrons. The Labute approximate surface area is 106 Å². The SMILES string of the molecule is CCc1cc(CC)n(-c2nc(Cl)ncc2C)n1. The van der Waals surface area contributed by atoms with Crippen LogP contribution in [0.15, 0.2) is 12.3 Å². The largest absolute Gasteiger partial charge is 0.226 e. The van der Waals surface area contributed by atoms with E-state index in [0.29, 0.717) is 0 Å². The van der Waals surface area contributed by atoms with Crippen LogP contribution in [0.5, 0.6) is 0 Å². The first-order chi connectivity index (χ1) is 8.15. The van der Waals surface area contributed by atoms with Crippen LogP contribution in [0.3, 0.4) is 0 Å². The third-order valence-corrected chi connectivity index (χ3v) is 2.86. The highest BCUT2D eigenvalue weighted by atomic mass is 35.5. The summed E-state index contributed by atoms with van der Waals surface area (Å²) in [6, 6.07) is 2.11. The molecule has 0 radical (unpaired) electrons. The van der Waals surface area contributed by atoms with Crippen LogP contribution in [-0.2, 0) is 12.8 Å². The van der Waals surface area contributed by atoms with Gasteiger partial charge >= 0.3 is 0 Å². The van der Waals surface area contributed by atoms with E-state index in [1.54, 1.807) is 6.20 Å². The minimum atomic E-state index is 0.251. The standard InChI is InChI=1S/C12H15ClN4/c1-4-9-6-10(5-2)17(16-9)11-8(3)7-14-12(13)15-11/h6-7H,4-5H2,1-3H3. The van der Waals surface area contributed by atoms with Gasteiger partial charge in [-0.25, -0.2) is 9.67 Å². The molecule has 0 aliphatic rings. The number of halogens is 1. The van der Waals surface area contributed by atoms with E-state index in [-0.39, 0.29) is 5.28 Å². The van der Waals surface area contributed by atoms with Gasteiger partial charge in [0.1, 0.15) is 0 Å². The molecular weight excluding hydrogens is 236 g/mol. The second-order valence-corrected chi connectivity index (χ2v) is 4.23. The van der Waals surface area contributed by atoms with Gasteiger partial charge in [0.2, 0.25) is 5.28 Å². The van der Waals surface area contributed by atoms with Crippen LogP contribution in [0.2, 0.25) is 5.28 Å². The topological polar surface area (TPSA) is 43.6 Å². The Balaban J connectivity index is 2.58. The first-order valence-electron chi connectivity index (χ1n) is 5.73. The lowest BCUT2D eigenvalue weighted by Gasteiger charge is -2.07. The molecule has 0 bridgehead atoms. The van der Waals surface area contributed by atoms with Crippen molar-refractivity contribution in [2.75, 3.05) is 0 Å². The summed E-state index contributed by atoms with van der Waals surface area (Å²) in [5, 5.41) is 4.79. The van der Waals surface area contributed by atoms with E-state index in [4.69, 9.17) is 11.6 Å². The van der Waals surface area contributed by atoms with Gasteiger partial charge in [0, 0.05) is 17.5 Å². The van der Waals surface area contributed by atoms with E-state index in [1.165, 1.54) is 0 Å². The predicted octanol–water partition coefficient (Wildman–Crippen LogP) is 2.75. The van der Waals surface area contributed by atoms with E-state index in [1.807, 2.05) is 11.6 Å². The van der Waals surface area contributed by atoms with Gasteiger partial charge in [-0.05, 0) is 37.4 Å². The first-order valence-corrected chi connectivity index (χ1v) is 6.10. The normalized spacial score (nSPS) is 10.8. The van der Waals surface area contributed by atoms with Crippen molar-refractivity contribution in [2.24, 2.45) is 0 Å². The molecule has 4 nitrogen and oxygen atoms in total. The predicted molar refractivity (Wildman–Crippen MR) is 67.7 cm³/mol. The van der Waals surface area contributed by atoms with Crippen LogP contribution in [0, 0.1) is 6.92 Å². The van der Waals surface area contributed by atoms with Gasteiger partial charge in [-0.15, -0.1) is 0 Å². The van der Waals surface area contributed by atoms with E-state index in [0.717, 1.165) is 35.6 Å². The van der Waals surface area contributed by atoms with Crippen molar-refractivity contribution >= 4 is 11.6 Å². The zero-order valence-corrected chi connectivity index (χ0v) is 11.0. The molecule has 2 rings (SSSR count). The molecule has 0 atom stereocenters. The summed E-state index contributed by atoms with van der Waals surface area (Å²) in [6.45, 7) is 6.15. The molecule has 2 aromatic rings. The number of hydrogen-bond donors (Lipinski definition) is 0. The van der Waals surface area contributed by atoms with Crippen molar-refractivity contribution < 1.29 is 0 Å². The van der Waals surface area contributed by atoms with Crippen molar-refractivity contribution in [3.63, 3.8) is 0 Å². The van der Waals surface area contributed by atoms with Crippen LogP contribution < -0.4 is 0 Å². The lowest BCUT2D eigenvalue weighted by Crippen LogP contribution is -2.07. The maximum Gasteiger partial charge on any atom is 0.224 e. The molecule has 2 aromatic heterocycles. The lowest BCUT2D eigenvalue weighted by atomic mass is 10.2. The Hall–Kier alpha value is -1.42. The molecule has 17 heavy (non-hydrogen) atoms. The van der Waals surface area contributed by atoms with Gasteiger partial charge in [0.25, 0.3) is 0 Å². The molecule has 0 aromatic carbocycles. The Bertz CT molecular complexity index is 533. The summed E-state index contributed by atoms with van der Waals surface area (Å²) >= 11 is 5.84. The zero-order chi connectivity index (χ0) is 12.4. The Kier molecular flexibility index (Phi) is 3.43. The average Bonchev–Trinajstić information content (AvgIpc) is 2.75. The lowest BCUT2D eigenvalue weighted by molar-refractivity contribution is 0.762. The molecule has 0 aliphatic heterocycles. The summed E-state index contributed by atoms with van der Waals surface area (Å²) in [5.74, 6) is 0.765. The van der Waals surface area contributed by atoms with Crippen LogP contribution in [0.25, 0.3) is 5.82 Å². The second-order valence-electron chi connectivity index (χ2n) is 3.89. The number of hydrogen-bond acceptors (Lipinski definition) is 3. The van der Waals surface area contributed by atoms with Gasteiger partial charge in [0.15, 0.2) is 5.82 Å². The molecule has 0 amide bonds. The second kappa shape index (κ2) is 4.84. The van der Waals surface area contributed by atoms with Crippen molar-refractivity contribution in [1.29, 1.82) is 0 Å². The van der Waals surface area contributed by atoms with E-state index in [2.05, 4.69) is 35.0 Å². The summed E-state index contributed by atoms with van der Waals surface area (Å²) < 4.78 is 1.86. The highest BCUT2D eigenvalue weighted by molar-refractivity contribution is 6.28. The maximum absolute atomic E-state index is 5.84. The van der Waals surface area contributed by atoms with E-state index >= 15 is 0 Å². The fraction of sp³-hybridized carbons (Fsp3) is 0.417. The summed E-state index contributed by atoms with van der Waals surface area (Å²) in [7, 11) is 0. The monoisotopic (exact) mass is 250 g/mol. The van der Waals surface area contributed by atoms with Crippen molar-refractivity contribution in [3.8, 4) is 5.82 Å². The van der Waals surface area contributed by atoms with Crippen LogP contribution in [0.4, 0.5) is 0 Å². The van der Waals surface area contributed by atoms with Crippen molar-refractivity contribution in [2.45, 2.75) is 33.6 Å². The molecule has 5 heteroatoms. The first kappa shape index (κ1) is 12.0. The van der Waals surface area contributed by atoms with Gasteiger partial charge in [-0.1, -0.05) is 13.8 Å². The van der Waals surface area contributed by atoms with Crippen LogP contribution >= 0.6 is 11.6 Å². The van der Waals surface area contributed by atoms with E-state index < -0.39 is 0 Å². The van der Waals surface area contributed by atoms with Crippen LogP contribution in [0.1, 0.15) is 30.8 Å². The van der Waals surface area contributed by atoms with Crippen molar-refractivity contribution in [3.05, 3.63) is 34.5 Å². The molecular formula is C12H15ClN4. The molecule has 0 spiro atoms. The van der Waals surface area contributed by atoms with Gasteiger partial charge in [-0.2, -0.15) is 10.1 Å². The third-order valence-electron chi connectivity index (χ3n) is 2.67. The minimum absolute atomic E-state index is 0.251. The maximum atomic E-state index is 5.84. The molecule has 2 heterocycles. The van der Waals surface area contributed by atoms with E-state index in [9.17, 15) is 0 Å². The number of aryl methyl sites for hydroxylation is 3. The Morgan fingerprint density at radius 2 is 2.06 bits per heavy atom. The van der Waals surface area contributed by atoms with Crippen molar-refractivity contribution in [1.82, 2.24) is 19.7 Å². The fourth-order valence-corrected chi connectivity index (χ4v) is 1.84. The molecule has 0 aliphatic carbocycles. The molecule has 0 fully saturated rings. The third kappa shape index (κ3) is 2.31. The number of rotatable bonds is 3. The highest BCUT2D eigenvalue weighted by Gasteiger charge is 2.11. The molecule has 0 saturated heterocycles. The summed E-state index contributed by atoms with van der Waals surface area (Å²) in [6.07, 6.45) is 3.54. The molecule has 0 unspecified atom stereocenters. The van der Waals surface area contributed by atoms with Gasteiger partial charge in [-0.3, -0.25) is 0 Å². The summed E-state index contributed by atoms with van der Waals surface area (Å²) in [4.78, 5) is 8.21. The minimum Gasteiger partial charge on any atom is -0.226 e. The number of nitrogens with zero attached hydrogens (tertiary/aromatic N) is 4. The highest BCUT2D eigenvalue weighted by Crippen LogP contribution is 2.16. The number of aromatic nitrogens is 4. The quantitative estimate of drug-likeness (QED) is 0.787. The fourth-order valence-electron chi connectivity index (χ4n) is 1.71. The van der Waals surface area contributed by atoms with Gasteiger partial charge in [0.05, 0.1) is 5.69 Å². The Morgan fingerprint density at radius 3 is 2.71 bits per heavy atom. The van der Waals surface area contributed by atoms with Gasteiger partial charge < -0.3 is 0 Å². The smallest absolute Gasteiger partial charge is 0.224 e. The zero-order valence-electron chi connectivity index (χ0n) is 10.2.